The van der Waals surface area contributed by atoms with E-state index in [-0.39, 0.29) is 12.3 Å². The number of ether oxygens (including phenoxy) is 1. The van der Waals surface area contributed by atoms with Gasteiger partial charge in [-0.15, -0.1) is 0 Å². The number of rotatable bonds is 2. The summed E-state index contributed by atoms with van der Waals surface area (Å²) in [6.45, 7) is 0. The molecule has 0 amide bonds. The minimum absolute atomic E-state index is 0.0925. The van der Waals surface area contributed by atoms with Crippen molar-refractivity contribution in [2.45, 2.75) is 18.7 Å². The van der Waals surface area contributed by atoms with Crippen molar-refractivity contribution in [1.82, 2.24) is 9.99 Å². The zero-order valence-corrected chi connectivity index (χ0v) is 15.7. The molecule has 0 saturated heterocycles. The molecule has 0 spiro atoms. The molecule has 5 rings (SSSR count). The maximum atomic E-state index is 6.44. The topological polar surface area (TPSA) is 37.7 Å². The highest BCUT2D eigenvalue weighted by atomic mass is 35.5. The molecule has 0 fully saturated rings. The molecule has 1 aromatic heterocycles. The Labute approximate surface area is 167 Å². The SMILES string of the molecule is Clc1ccc(C2=NN3C(C2)c2ccccc2OC3c2ccncc2)c(Cl)c1. The summed E-state index contributed by atoms with van der Waals surface area (Å²) in [7, 11) is 0. The van der Waals surface area contributed by atoms with Crippen LogP contribution in [0.25, 0.3) is 0 Å². The van der Waals surface area contributed by atoms with Crippen LogP contribution in [-0.2, 0) is 0 Å². The van der Waals surface area contributed by atoms with Gasteiger partial charge in [0.2, 0.25) is 6.23 Å². The minimum atomic E-state index is -0.309. The van der Waals surface area contributed by atoms with Crippen LogP contribution in [0.2, 0.25) is 10.0 Å². The normalized spacial score (nSPS) is 20.5. The Morgan fingerprint density at radius 1 is 1.00 bits per heavy atom. The first-order valence-corrected chi connectivity index (χ1v) is 9.43. The summed E-state index contributed by atoms with van der Waals surface area (Å²) in [5, 5.41) is 8.15. The second-order valence-electron chi connectivity index (χ2n) is 6.56. The van der Waals surface area contributed by atoms with Crippen LogP contribution in [0.5, 0.6) is 5.75 Å². The van der Waals surface area contributed by atoms with Gasteiger partial charge in [0.25, 0.3) is 0 Å². The van der Waals surface area contributed by atoms with Gasteiger partial charge in [-0.2, -0.15) is 5.10 Å². The molecular weight excluding hydrogens is 381 g/mol. The summed E-state index contributed by atoms with van der Waals surface area (Å²) >= 11 is 12.5. The highest BCUT2D eigenvalue weighted by Gasteiger charge is 2.41. The van der Waals surface area contributed by atoms with Crippen LogP contribution >= 0.6 is 23.2 Å². The van der Waals surface area contributed by atoms with Gasteiger partial charge < -0.3 is 4.74 Å². The van der Waals surface area contributed by atoms with Crippen molar-refractivity contribution in [3.05, 3.63) is 93.7 Å². The molecule has 3 heterocycles. The van der Waals surface area contributed by atoms with Crippen molar-refractivity contribution in [3.8, 4) is 5.75 Å². The Balaban J connectivity index is 1.61. The van der Waals surface area contributed by atoms with E-state index < -0.39 is 0 Å². The Kier molecular flexibility index (Phi) is 4.03. The van der Waals surface area contributed by atoms with Gasteiger partial charge in [0.15, 0.2) is 0 Å². The van der Waals surface area contributed by atoms with E-state index in [0.717, 1.165) is 34.6 Å². The lowest BCUT2D eigenvalue weighted by molar-refractivity contribution is -0.0190. The van der Waals surface area contributed by atoms with E-state index in [2.05, 4.69) is 11.1 Å². The zero-order chi connectivity index (χ0) is 18.4. The lowest BCUT2D eigenvalue weighted by Gasteiger charge is -2.38. The van der Waals surface area contributed by atoms with Crippen LogP contribution in [0.1, 0.15) is 35.4 Å². The first kappa shape index (κ1) is 16.6. The molecule has 27 heavy (non-hydrogen) atoms. The van der Waals surface area contributed by atoms with Gasteiger partial charge in [0.05, 0.1) is 16.8 Å². The molecule has 0 bridgehead atoms. The predicted octanol–water partition coefficient (Wildman–Crippen LogP) is 5.63. The van der Waals surface area contributed by atoms with Crippen molar-refractivity contribution in [2.75, 3.05) is 0 Å². The second kappa shape index (κ2) is 6.55. The smallest absolute Gasteiger partial charge is 0.213 e. The molecule has 134 valence electrons. The molecule has 4 nitrogen and oxygen atoms in total. The molecule has 2 aliphatic heterocycles. The third kappa shape index (κ3) is 2.85. The average Bonchev–Trinajstić information content (AvgIpc) is 3.13. The van der Waals surface area contributed by atoms with Crippen LogP contribution in [0, 0.1) is 0 Å². The van der Waals surface area contributed by atoms with Crippen molar-refractivity contribution in [3.63, 3.8) is 0 Å². The molecule has 3 aromatic rings. The number of aromatic nitrogens is 1. The fourth-order valence-electron chi connectivity index (χ4n) is 3.67. The first-order chi connectivity index (χ1) is 13.2. The Bertz CT molecular complexity index is 1040. The Morgan fingerprint density at radius 2 is 1.81 bits per heavy atom. The van der Waals surface area contributed by atoms with E-state index in [0.29, 0.717) is 10.0 Å². The Morgan fingerprint density at radius 3 is 2.63 bits per heavy atom. The largest absolute Gasteiger partial charge is 0.464 e. The number of halogens is 2. The number of pyridine rings is 1. The van der Waals surface area contributed by atoms with E-state index in [4.69, 9.17) is 33.0 Å². The van der Waals surface area contributed by atoms with Crippen LogP contribution in [0.3, 0.4) is 0 Å². The van der Waals surface area contributed by atoms with Gasteiger partial charge in [-0.25, -0.2) is 5.01 Å². The van der Waals surface area contributed by atoms with Crippen molar-refractivity contribution >= 4 is 28.9 Å². The predicted molar refractivity (Wildman–Crippen MR) is 106 cm³/mol. The van der Waals surface area contributed by atoms with Gasteiger partial charge >= 0.3 is 0 Å². The van der Waals surface area contributed by atoms with Crippen LogP contribution in [-0.4, -0.2) is 15.7 Å². The standard InChI is InChI=1S/C21H15Cl2N3O/c22-14-5-6-15(17(23)11-14)18-12-19-16-3-1-2-4-20(16)27-21(26(19)25-18)13-7-9-24-10-8-13/h1-11,19,21H,12H2. The summed E-state index contributed by atoms with van der Waals surface area (Å²) < 4.78 is 6.30. The van der Waals surface area contributed by atoms with E-state index in [1.807, 2.05) is 47.5 Å². The highest BCUT2D eigenvalue weighted by Crippen LogP contribution is 2.47. The van der Waals surface area contributed by atoms with Crippen molar-refractivity contribution in [2.24, 2.45) is 5.10 Å². The Hall–Kier alpha value is -2.56. The van der Waals surface area contributed by atoms with E-state index in [9.17, 15) is 0 Å². The number of benzene rings is 2. The third-order valence-electron chi connectivity index (χ3n) is 4.93. The van der Waals surface area contributed by atoms with Crippen LogP contribution in [0.4, 0.5) is 0 Å². The van der Waals surface area contributed by atoms with E-state index in [1.54, 1.807) is 18.5 Å². The van der Waals surface area contributed by atoms with Gasteiger partial charge in [-0.05, 0) is 30.3 Å². The highest BCUT2D eigenvalue weighted by molar-refractivity contribution is 6.37. The summed E-state index contributed by atoms with van der Waals surface area (Å²) in [5.41, 5.74) is 3.98. The van der Waals surface area contributed by atoms with Crippen molar-refractivity contribution in [1.29, 1.82) is 0 Å². The van der Waals surface area contributed by atoms with Gasteiger partial charge in [0, 0.05) is 40.5 Å². The summed E-state index contributed by atoms with van der Waals surface area (Å²) in [6, 6.07) is 17.6. The van der Waals surface area contributed by atoms with E-state index in [1.165, 1.54) is 0 Å². The maximum absolute atomic E-state index is 6.44. The molecule has 0 aliphatic carbocycles. The quantitative estimate of drug-likeness (QED) is 0.563. The number of hydrogen-bond acceptors (Lipinski definition) is 4. The minimum Gasteiger partial charge on any atom is -0.464 e. The van der Waals surface area contributed by atoms with Gasteiger partial charge in [-0.3, -0.25) is 4.98 Å². The maximum Gasteiger partial charge on any atom is 0.213 e. The first-order valence-electron chi connectivity index (χ1n) is 8.67. The zero-order valence-electron chi connectivity index (χ0n) is 14.2. The molecule has 2 aromatic carbocycles. The fraction of sp³-hybridized carbons (Fsp3) is 0.143. The molecule has 6 heteroatoms. The number of hydrazone groups is 1. The number of para-hydroxylation sites is 1. The number of fused-ring (bicyclic) bond motifs is 3. The van der Waals surface area contributed by atoms with Crippen LogP contribution in [0.15, 0.2) is 72.1 Å². The number of nitrogens with zero attached hydrogens (tertiary/aromatic N) is 3. The van der Waals surface area contributed by atoms with Gasteiger partial charge in [-0.1, -0.05) is 47.5 Å². The molecule has 2 unspecified atom stereocenters. The lowest BCUT2D eigenvalue weighted by atomic mass is 9.96. The molecular formula is C21H15Cl2N3O. The second-order valence-corrected chi connectivity index (χ2v) is 7.40. The molecule has 2 aliphatic rings. The van der Waals surface area contributed by atoms with E-state index >= 15 is 0 Å². The lowest BCUT2D eigenvalue weighted by Crippen LogP contribution is -2.33. The summed E-state index contributed by atoms with van der Waals surface area (Å²) in [6.07, 6.45) is 3.98. The number of hydrogen-bond donors (Lipinski definition) is 0. The van der Waals surface area contributed by atoms with Crippen LogP contribution < -0.4 is 4.74 Å². The molecule has 0 saturated carbocycles. The monoisotopic (exact) mass is 395 g/mol. The molecule has 0 radical (unpaired) electrons. The average molecular weight is 396 g/mol. The summed E-state index contributed by atoms with van der Waals surface area (Å²) in [5.74, 6) is 0.888. The third-order valence-corrected chi connectivity index (χ3v) is 5.48. The van der Waals surface area contributed by atoms with Gasteiger partial charge in [0.1, 0.15) is 5.75 Å². The molecule has 0 N–H and O–H groups in total. The molecule has 2 atom stereocenters. The van der Waals surface area contributed by atoms with Crippen molar-refractivity contribution < 1.29 is 4.74 Å². The summed E-state index contributed by atoms with van der Waals surface area (Å²) in [4.78, 5) is 4.11. The fourth-order valence-corrected chi connectivity index (χ4v) is 4.19.